The summed E-state index contributed by atoms with van der Waals surface area (Å²) in [5, 5.41) is 0. The molecule has 0 amide bonds. The Balaban J connectivity index is 0.930. The lowest BCUT2D eigenvalue weighted by Crippen LogP contribution is -2.34. The van der Waals surface area contributed by atoms with Gasteiger partial charge in [0.05, 0.1) is 32.0 Å². The van der Waals surface area contributed by atoms with Crippen LogP contribution in [0.5, 0.6) is 0 Å². The monoisotopic (exact) mass is 438 g/mol. The van der Waals surface area contributed by atoms with Crippen molar-refractivity contribution in [1.29, 1.82) is 0 Å². The number of rotatable bonds is 7. The van der Waals surface area contributed by atoms with Gasteiger partial charge in [0.25, 0.3) is 0 Å². The zero-order chi connectivity index (χ0) is 21.0. The molecule has 0 aromatic rings. The summed E-state index contributed by atoms with van der Waals surface area (Å²) in [7, 11) is 0. The molecule has 8 atom stereocenters. The number of hydrogen-bond donors (Lipinski definition) is 0. The summed E-state index contributed by atoms with van der Waals surface area (Å²) in [5.74, 6) is 2.44. The molecule has 3 aliphatic heterocycles. The van der Waals surface area contributed by atoms with E-state index < -0.39 is 6.16 Å². The fourth-order valence-corrected chi connectivity index (χ4v) is 6.78. The summed E-state index contributed by atoms with van der Waals surface area (Å²) in [6.45, 7) is 4.46. The lowest BCUT2D eigenvalue weighted by atomic mass is 9.75. The predicted octanol–water partition coefficient (Wildman–Crippen LogP) is 3.02. The summed E-state index contributed by atoms with van der Waals surface area (Å²) in [4.78, 5) is 11.0. The summed E-state index contributed by atoms with van der Waals surface area (Å²) < 4.78 is 38.7. The highest BCUT2D eigenvalue weighted by Crippen LogP contribution is 2.71. The van der Waals surface area contributed by atoms with E-state index in [0.29, 0.717) is 37.9 Å². The van der Waals surface area contributed by atoms with Crippen LogP contribution >= 0.6 is 0 Å². The van der Waals surface area contributed by atoms with Crippen molar-refractivity contribution in [1.82, 2.24) is 0 Å². The number of epoxide rings is 1. The number of carbonyl (C=O) groups excluding carboxylic acids is 1. The Labute approximate surface area is 183 Å². The molecular formula is C23H34O8. The van der Waals surface area contributed by atoms with Gasteiger partial charge >= 0.3 is 6.16 Å². The molecule has 3 heterocycles. The van der Waals surface area contributed by atoms with E-state index in [9.17, 15) is 4.79 Å². The Morgan fingerprint density at radius 1 is 0.871 bits per heavy atom. The molecule has 31 heavy (non-hydrogen) atoms. The number of ether oxygens (including phenoxy) is 7. The summed E-state index contributed by atoms with van der Waals surface area (Å²) >= 11 is 0. The van der Waals surface area contributed by atoms with Gasteiger partial charge < -0.3 is 33.2 Å². The molecule has 8 unspecified atom stereocenters. The molecule has 0 bridgehead atoms. The van der Waals surface area contributed by atoms with E-state index in [-0.39, 0.29) is 30.9 Å². The molecule has 6 rings (SSSR count). The minimum atomic E-state index is -0.575. The van der Waals surface area contributed by atoms with Gasteiger partial charge in [0.15, 0.2) is 6.10 Å². The highest BCUT2D eigenvalue weighted by molar-refractivity contribution is 5.61. The first-order valence-corrected chi connectivity index (χ1v) is 12.1. The Morgan fingerprint density at radius 2 is 1.65 bits per heavy atom. The molecule has 3 saturated carbocycles. The van der Waals surface area contributed by atoms with Crippen LogP contribution < -0.4 is 0 Å². The normalized spacial score (nSPS) is 50.7. The first kappa shape index (κ1) is 20.7. The number of hydrogen-bond acceptors (Lipinski definition) is 8. The van der Waals surface area contributed by atoms with Gasteiger partial charge in [-0.2, -0.15) is 0 Å². The molecular weight excluding hydrogens is 404 g/mol. The molecule has 0 aromatic heterocycles. The Hall–Kier alpha value is -0.930. The van der Waals surface area contributed by atoms with E-state index in [1.54, 1.807) is 0 Å². The van der Waals surface area contributed by atoms with E-state index in [0.717, 1.165) is 37.0 Å². The van der Waals surface area contributed by atoms with Crippen LogP contribution in [-0.2, 0) is 33.2 Å². The molecule has 0 aromatic carbocycles. The molecule has 0 radical (unpaired) electrons. The van der Waals surface area contributed by atoms with Crippen molar-refractivity contribution in [3.05, 3.63) is 0 Å². The first-order valence-electron chi connectivity index (χ1n) is 12.1. The van der Waals surface area contributed by atoms with Gasteiger partial charge in [0, 0.05) is 0 Å². The van der Waals surface area contributed by atoms with Crippen molar-refractivity contribution >= 4 is 6.16 Å². The lowest BCUT2D eigenvalue weighted by molar-refractivity contribution is -0.131. The molecule has 0 spiro atoms. The van der Waals surface area contributed by atoms with E-state index in [2.05, 4.69) is 6.92 Å². The first-order chi connectivity index (χ1) is 15.1. The van der Waals surface area contributed by atoms with Crippen LogP contribution in [0.1, 0.15) is 51.9 Å². The molecule has 3 saturated heterocycles. The van der Waals surface area contributed by atoms with Crippen molar-refractivity contribution < 1.29 is 38.0 Å². The van der Waals surface area contributed by atoms with Crippen molar-refractivity contribution in [3.63, 3.8) is 0 Å². The number of fused-ring (bicyclic) bond motifs is 2. The van der Waals surface area contributed by atoms with Crippen LogP contribution in [0.4, 0.5) is 4.79 Å². The van der Waals surface area contributed by atoms with Crippen molar-refractivity contribution in [3.8, 4) is 0 Å². The van der Waals surface area contributed by atoms with Crippen LogP contribution in [0, 0.1) is 23.2 Å². The third-order valence-corrected chi connectivity index (χ3v) is 8.72. The largest absolute Gasteiger partial charge is 0.508 e. The second kappa shape index (κ2) is 8.13. The quantitative estimate of drug-likeness (QED) is 0.443. The second-order valence-corrected chi connectivity index (χ2v) is 10.4. The van der Waals surface area contributed by atoms with Crippen molar-refractivity contribution in [2.75, 3.05) is 26.4 Å². The zero-order valence-corrected chi connectivity index (χ0v) is 18.2. The molecule has 0 N–H and O–H groups in total. The molecule has 174 valence electrons. The fraction of sp³-hybridized carbons (Fsp3) is 0.957. The third-order valence-electron chi connectivity index (χ3n) is 8.72. The van der Waals surface area contributed by atoms with Crippen LogP contribution in [-0.4, -0.2) is 69.6 Å². The SMILES string of the molecule is CC1(C2CCC(OCC3COC(=O)O3)CC2)C2CCC(OCC3COC4OC4O3)CC21. The Kier molecular flexibility index (Phi) is 5.42. The molecule has 6 aliphatic rings. The Morgan fingerprint density at radius 3 is 2.42 bits per heavy atom. The lowest BCUT2D eigenvalue weighted by Gasteiger charge is -2.34. The predicted molar refractivity (Wildman–Crippen MR) is 106 cm³/mol. The van der Waals surface area contributed by atoms with Crippen LogP contribution in [0.25, 0.3) is 0 Å². The maximum Gasteiger partial charge on any atom is 0.508 e. The van der Waals surface area contributed by atoms with Crippen LogP contribution in [0.3, 0.4) is 0 Å². The van der Waals surface area contributed by atoms with Crippen LogP contribution in [0.15, 0.2) is 0 Å². The smallest absolute Gasteiger partial charge is 0.430 e. The Bertz CT molecular complexity index is 678. The summed E-state index contributed by atoms with van der Waals surface area (Å²) in [6.07, 6.45) is 7.81. The molecule has 8 heteroatoms. The summed E-state index contributed by atoms with van der Waals surface area (Å²) in [6, 6.07) is 0. The van der Waals surface area contributed by atoms with Crippen LogP contribution in [0.2, 0.25) is 0 Å². The van der Waals surface area contributed by atoms with E-state index in [4.69, 9.17) is 33.2 Å². The van der Waals surface area contributed by atoms with E-state index in [1.807, 2.05) is 0 Å². The minimum absolute atomic E-state index is 0.00153. The standard InChI is InChI=1S/C23H34O8/c1-23(13-2-4-14(5-3-13)25-10-17-12-28-22(24)30-17)18-7-6-15(8-19(18)23)26-9-16-11-27-20-21(29-16)31-20/h13-21H,2-12H2,1H3. The topological polar surface area (TPSA) is 85.0 Å². The van der Waals surface area contributed by atoms with Crippen molar-refractivity contribution in [2.45, 2.75) is 88.9 Å². The zero-order valence-electron chi connectivity index (χ0n) is 18.2. The number of cyclic esters (lactones) is 2. The van der Waals surface area contributed by atoms with Crippen molar-refractivity contribution in [2.24, 2.45) is 23.2 Å². The molecule has 6 fully saturated rings. The number of carbonyl (C=O) groups is 1. The maximum atomic E-state index is 11.0. The van der Waals surface area contributed by atoms with Gasteiger partial charge in [0.1, 0.15) is 12.7 Å². The summed E-state index contributed by atoms with van der Waals surface area (Å²) in [5.41, 5.74) is 0.470. The van der Waals surface area contributed by atoms with Gasteiger partial charge in [-0.25, -0.2) is 4.79 Å². The van der Waals surface area contributed by atoms with Gasteiger partial charge in [-0.15, -0.1) is 0 Å². The maximum absolute atomic E-state index is 11.0. The minimum Gasteiger partial charge on any atom is -0.430 e. The molecule has 8 nitrogen and oxygen atoms in total. The second-order valence-electron chi connectivity index (χ2n) is 10.4. The van der Waals surface area contributed by atoms with Gasteiger partial charge in [0.2, 0.25) is 12.6 Å². The van der Waals surface area contributed by atoms with Gasteiger partial charge in [-0.3, -0.25) is 0 Å². The average Bonchev–Trinajstić information content (AvgIpc) is 3.64. The van der Waals surface area contributed by atoms with E-state index in [1.165, 1.54) is 25.7 Å². The fourth-order valence-electron chi connectivity index (χ4n) is 6.78. The third kappa shape index (κ3) is 4.10. The van der Waals surface area contributed by atoms with E-state index >= 15 is 0 Å². The average molecular weight is 439 g/mol. The highest BCUT2D eigenvalue weighted by atomic mass is 16.9. The highest BCUT2D eigenvalue weighted by Gasteiger charge is 2.65. The molecule has 3 aliphatic carbocycles. The van der Waals surface area contributed by atoms with Gasteiger partial charge in [-0.05, 0) is 68.1 Å². The van der Waals surface area contributed by atoms with Gasteiger partial charge in [-0.1, -0.05) is 6.92 Å².